The van der Waals surface area contributed by atoms with Crippen molar-refractivity contribution in [3.05, 3.63) is 22.4 Å². The van der Waals surface area contributed by atoms with Crippen LogP contribution in [0.1, 0.15) is 50.4 Å². The summed E-state index contributed by atoms with van der Waals surface area (Å²) in [5.41, 5.74) is 0. The van der Waals surface area contributed by atoms with Gasteiger partial charge in [-0.05, 0) is 38.1 Å². The number of thiophene rings is 1. The van der Waals surface area contributed by atoms with Gasteiger partial charge in [0.05, 0.1) is 6.04 Å². The summed E-state index contributed by atoms with van der Waals surface area (Å²) in [6.45, 7) is 4.04. The predicted octanol–water partition coefficient (Wildman–Crippen LogP) is 2.85. The van der Waals surface area contributed by atoms with E-state index in [0.29, 0.717) is 6.04 Å². The molecule has 2 atom stereocenters. The molecule has 1 saturated carbocycles. The van der Waals surface area contributed by atoms with Gasteiger partial charge in [0, 0.05) is 17.0 Å². The lowest BCUT2D eigenvalue weighted by molar-refractivity contribution is -0.123. The largest absolute Gasteiger partial charge is 0.352 e. The van der Waals surface area contributed by atoms with Gasteiger partial charge in [-0.3, -0.25) is 10.1 Å². The van der Waals surface area contributed by atoms with Gasteiger partial charge < -0.3 is 5.32 Å². The Labute approximate surface area is 113 Å². The van der Waals surface area contributed by atoms with Gasteiger partial charge in [0.1, 0.15) is 0 Å². The second-order valence-corrected chi connectivity index (χ2v) is 6.09. The lowest BCUT2D eigenvalue weighted by Gasteiger charge is -2.21. The first kappa shape index (κ1) is 13.6. The zero-order valence-corrected chi connectivity index (χ0v) is 11.9. The molecule has 0 bridgehead atoms. The number of rotatable bonds is 5. The lowest BCUT2D eigenvalue weighted by atomic mass is 10.2. The van der Waals surface area contributed by atoms with E-state index in [2.05, 4.69) is 29.0 Å². The fourth-order valence-corrected chi connectivity index (χ4v) is 3.21. The van der Waals surface area contributed by atoms with Crippen LogP contribution in [0, 0.1) is 0 Å². The highest BCUT2D eigenvalue weighted by molar-refractivity contribution is 7.10. The Morgan fingerprint density at radius 1 is 1.39 bits per heavy atom. The van der Waals surface area contributed by atoms with Crippen molar-refractivity contribution < 1.29 is 4.79 Å². The second kappa shape index (κ2) is 6.34. The monoisotopic (exact) mass is 266 g/mol. The molecule has 3 nitrogen and oxygen atoms in total. The van der Waals surface area contributed by atoms with E-state index in [1.807, 2.05) is 13.0 Å². The topological polar surface area (TPSA) is 41.1 Å². The van der Waals surface area contributed by atoms with Crippen molar-refractivity contribution in [1.82, 2.24) is 10.6 Å². The SMILES string of the molecule is C[C@H](N[C@@H](C)c1cccs1)C(=O)NC1CCCC1. The molecule has 4 heteroatoms. The zero-order valence-electron chi connectivity index (χ0n) is 11.1. The predicted molar refractivity (Wildman–Crippen MR) is 75.7 cm³/mol. The first-order chi connectivity index (χ1) is 8.66. The van der Waals surface area contributed by atoms with Gasteiger partial charge in [-0.1, -0.05) is 18.9 Å². The van der Waals surface area contributed by atoms with Crippen LogP contribution in [-0.2, 0) is 4.79 Å². The Morgan fingerprint density at radius 2 is 2.11 bits per heavy atom. The summed E-state index contributed by atoms with van der Waals surface area (Å²) < 4.78 is 0. The molecule has 100 valence electrons. The molecule has 2 rings (SSSR count). The molecule has 1 aliphatic carbocycles. The summed E-state index contributed by atoms with van der Waals surface area (Å²) in [5.74, 6) is 0.130. The van der Waals surface area contributed by atoms with E-state index < -0.39 is 0 Å². The standard InChI is InChI=1S/C14H22N2OS/c1-10(13-8-5-9-18-13)15-11(2)14(17)16-12-6-3-4-7-12/h5,8-12,15H,3-4,6-7H2,1-2H3,(H,16,17)/t10-,11-/m0/s1. The van der Waals surface area contributed by atoms with Gasteiger partial charge in [0.2, 0.25) is 5.91 Å². The summed E-state index contributed by atoms with van der Waals surface area (Å²) in [5, 5.41) is 8.55. The van der Waals surface area contributed by atoms with Crippen molar-refractivity contribution in [2.45, 2.75) is 57.7 Å². The van der Waals surface area contributed by atoms with Crippen LogP contribution >= 0.6 is 11.3 Å². The summed E-state index contributed by atoms with van der Waals surface area (Å²) in [6, 6.07) is 4.64. The maximum atomic E-state index is 12.0. The van der Waals surface area contributed by atoms with Crippen molar-refractivity contribution in [1.29, 1.82) is 0 Å². The molecule has 1 aromatic heterocycles. The average Bonchev–Trinajstić information content (AvgIpc) is 3.01. The van der Waals surface area contributed by atoms with E-state index in [1.165, 1.54) is 17.7 Å². The van der Waals surface area contributed by atoms with Crippen molar-refractivity contribution in [2.24, 2.45) is 0 Å². The number of hydrogen-bond donors (Lipinski definition) is 2. The van der Waals surface area contributed by atoms with Crippen LogP contribution < -0.4 is 10.6 Å². The summed E-state index contributed by atoms with van der Waals surface area (Å²) in [6.07, 6.45) is 4.77. The van der Waals surface area contributed by atoms with E-state index in [0.717, 1.165) is 12.8 Å². The fraction of sp³-hybridized carbons (Fsp3) is 0.643. The average molecular weight is 266 g/mol. The van der Waals surface area contributed by atoms with Crippen LogP contribution in [0.25, 0.3) is 0 Å². The molecule has 2 N–H and O–H groups in total. The van der Waals surface area contributed by atoms with Crippen molar-refractivity contribution in [3.63, 3.8) is 0 Å². The van der Waals surface area contributed by atoms with E-state index in [1.54, 1.807) is 11.3 Å². The minimum atomic E-state index is -0.136. The Hall–Kier alpha value is -0.870. The number of carbonyl (C=O) groups excluding carboxylic acids is 1. The second-order valence-electron chi connectivity index (χ2n) is 5.12. The van der Waals surface area contributed by atoms with Crippen LogP contribution in [-0.4, -0.2) is 18.0 Å². The Balaban J connectivity index is 1.79. The van der Waals surface area contributed by atoms with Crippen molar-refractivity contribution >= 4 is 17.2 Å². The Morgan fingerprint density at radius 3 is 2.72 bits per heavy atom. The van der Waals surface area contributed by atoms with Crippen LogP contribution in [0.4, 0.5) is 0 Å². The molecule has 0 spiro atoms. The number of amides is 1. The van der Waals surface area contributed by atoms with Crippen LogP contribution in [0.3, 0.4) is 0 Å². The molecule has 0 saturated heterocycles. The van der Waals surface area contributed by atoms with Crippen LogP contribution in [0.15, 0.2) is 17.5 Å². The molecule has 1 aliphatic rings. The first-order valence-electron chi connectivity index (χ1n) is 6.76. The van der Waals surface area contributed by atoms with Gasteiger partial charge in [-0.25, -0.2) is 0 Å². The zero-order chi connectivity index (χ0) is 13.0. The third-order valence-corrected chi connectivity index (χ3v) is 4.62. The van der Waals surface area contributed by atoms with Gasteiger partial charge >= 0.3 is 0 Å². The van der Waals surface area contributed by atoms with Gasteiger partial charge in [0.25, 0.3) is 0 Å². The van der Waals surface area contributed by atoms with E-state index >= 15 is 0 Å². The summed E-state index contributed by atoms with van der Waals surface area (Å²) in [7, 11) is 0. The maximum Gasteiger partial charge on any atom is 0.237 e. The first-order valence-corrected chi connectivity index (χ1v) is 7.64. The molecule has 0 aliphatic heterocycles. The van der Waals surface area contributed by atoms with Gasteiger partial charge in [-0.15, -0.1) is 11.3 Å². The molecule has 1 aromatic rings. The minimum Gasteiger partial charge on any atom is -0.352 e. The van der Waals surface area contributed by atoms with Crippen molar-refractivity contribution in [2.75, 3.05) is 0 Å². The number of carbonyl (C=O) groups is 1. The normalized spacial score (nSPS) is 19.7. The molecule has 18 heavy (non-hydrogen) atoms. The molecule has 0 radical (unpaired) electrons. The minimum absolute atomic E-state index is 0.130. The fourth-order valence-electron chi connectivity index (χ4n) is 2.47. The number of nitrogens with one attached hydrogen (secondary N) is 2. The molecule has 0 aromatic carbocycles. The van der Waals surface area contributed by atoms with E-state index in [4.69, 9.17) is 0 Å². The molecular weight excluding hydrogens is 244 g/mol. The third kappa shape index (κ3) is 3.56. The highest BCUT2D eigenvalue weighted by Crippen LogP contribution is 2.19. The summed E-state index contributed by atoms with van der Waals surface area (Å²) >= 11 is 1.72. The van der Waals surface area contributed by atoms with Crippen LogP contribution in [0.5, 0.6) is 0 Å². The Bertz CT molecular complexity index is 371. The molecule has 0 unspecified atom stereocenters. The molecular formula is C14H22N2OS. The van der Waals surface area contributed by atoms with E-state index in [-0.39, 0.29) is 18.0 Å². The smallest absolute Gasteiger partial charge is 0.237 e. The van der Waals surface area contributed by atoms with Crippen molar-refractivity contribution in [3.8, 4) is 0 Å². The van der Waals surface area contributed by atoms with Gasteiger partial charge in [0.15, 0.2) is 0 Å². The lowest BCUT2D eigenvalue weighted by Crippen LogP contribution is -2.46. The Kier molecular flexibility index (Phi) is 4.78. The van der Waals surface area contributed by atoms with E-state index in [9.17, 15) is 4.79 Å². The molecule has 1 amide bonds. The molecule has 1 fully saturated rings. The molecule has 1 heterocycles. The number of hydrogen-bond acceptors (Lipinski definition) is 3. The van der Waals surface area contributed by atoms with Crippen LogP contribution in [0.2, 0.25) is 0 Å². The highest BCUT2D eigenvalue weighted by Gasteiger charge is 2.21. The maximum absolute atomic E-state index is 12.0. The van der Waals surface area contributed by atoms with Gasteiger partial charge in [-0.2, -0.15) is 0 Å². The summed E-state index contributed by atoms with van der Waals surface area (Å²) in [4.78, 5) is 13.3. The third-order valence-electron chi connectivity index (χ3n) is 3.56. The highest BCUT2D eigenvalue weighted by atomic mass is 32.1. The quantitative estimate of drug-likeness (QED) is 0.860.